The summed E-state index contributed by atoms with van der Waals surface area (Å²) in [5.74, 6) is 0.529. The van der Waals surface area contributed by atoms with Crippen molar-refractivity contribution in [2.45, 2.75) is 33.1 Å². The summed E-state index contributed by atoms with van der Waals surface area (Å²) >= 11 is 0. The molecule has 0 aliphatic heterocycles. The highest BCUT2D eigenvalue weighted by Gasteiger charge is 2.21. The maximum atomic E-state index is 13.0. The predicted molar refractivity (Wildman–Crippen MR) is 127 cm³/mol. The second-order valence-corrected chi connectivity index (χ2v) is 7.75. The van der Waals surface area contributed by atoms with Crippen LogP contribution in [0.3, 0.4) is 0 Å². The summed E-state index contributed by atoms with van der Waals surface area (Å²) in [6, 6.07) is 19.6. The molecule has 0 aliphatic rings. The Morgan fingerprint density at radius 3 is 2.56 bits per heavy atom. The summed E-state index contributed by atoms with van der Waals surface area (Å²) in [5.41, 5.74) is 5.41. The Kier molecular flexibility index (Phi) is 6.50. The molecule has 0 fully saturated rings. The standard InChI is InChI=1S/C26H28N4O2/c1-4-5-11-16-27-26(31)21-17-22(20-14-9-10-15-23(20)32-3)30-25(28-21)24(18(2)29-30)19-12-7-6-8-13-19/h6-10,12-15,17H,4-5,11,16H2,1-3H3,(H,27,31). The molecule has 6 nitrogen and oxygen atoms in total. The molecule has 0 unspecified atom stereocenters. The molecule has 0 spiro atoms. The van der Waals surface area contributed by atoms with Gasteiger partial charge in [0.1, 0.15) is 11.4 Å². The van der Waals surface area contributed by atoms with E-state index in [0.29, 0.717) is 23.6 Å². The first-order valence-electron chi connectivity index (χ1n) is 11.0. The number of amides is 1. The fourth-order valence-electron chi connectivity index (χ4n) is 3.90. The molecule has 0 saturated carbocycles. The van der Waals surface area contributed by atoms with E-state index in [1.54, 1.807) is 13.2 Å². The van der Waals surface area contributed by atoms with Gasteiger partial charge in [0.2, 0.25) is 0 Å². The lowest BCUT2D eigenvalue weighted by atomic mass is 10.1. The van der Waals surface area contributed by atoms with Gasteiger partial charge < -0.3 is 10.1 Å². The van der Waals surface area contributed by atoms with Crippen LogP contribution in [0.15, 0.2) is 60.7 Å². The monoisotopic (exact) mass is 428 g/mol. The van der Waals surface area contributed by atoms with E-state index in [1.807, 2.05) is 66.0 Å². The number of fused-ring (bicyclic) bond motifs is 1. The smallest absolute Gasteiger partial charge is 0.270 e. The topological polar surface area (TPSA) is 68.5 Å². The van der Waals surface area contributed by atoms with Crippen LogP contribution in [0, 0.1) is 6.92 Å². The number of para-hydroxylation sites is 1. The van der Waals surface area contributed by atoms with Crippen molar-refractivity contribution >= 4 is 11.6 Å². The van der Waals surface area contributed by atoms with Gasteiger partial charge in [0.25, 0.3) is 5.91 Å². The summed E-state index contributed by atoms with van der Waals surface area (Å²) in [4.78, 5) is 17.8. The molecular formula is C26H28N4O2. The molecule has 4 aromatic rings. The van der Waals surface area contributed by atoms with Gasteiger partial charge in [-0.1, -0.05) is 62.2 Å². The SMILES string of the molecule is CCCCCNC(=O)c1cc(-c2ccccc2OC)n2nc(C)c(-c3ccccc3)c2n1. The molecule has 0 radical (unpaired) electrons. The number of aryl methyl sites for hydroxylation is 1. The Morgan fingerprint density at radius 1 is 1.06 bits per heavy atom. The molecule has 2 heterocycles. The third kappa shape index (κ3) is 4.21. The van der Waals surface area contributed by atoms with Crippen LogP contribution < -0.4 is 10.1 Å². The van der Waals surface area contributed by atoms with Crippen molar-refractivity contribution in [3.8, 4) is 28.1 Å². The van der Waals surface area contributed by atoms with Gasteiger partial charge in [0.05, 0.1) is 18.5 Å². The Morgan fingerprint density at radius 2 is 1.81 bits per heavy atom. The fourth-order valence-corrected chi connectivity index (χ4v) is 3.90. The first-order valence-corrected chi connectivity index (χ1v) is 11.0. The van der Waals surface area contributed by atoms with Gasteiger partial charge in [-0.2, -0.15) is 5.10 Å². The van der Waals surface area contributed by atoms with Crippen LogP contribution in [0.4, 0.5) is 0 Å². The van der Waals surface area contributed by atoms with Crippen LogP contribution >= 0.6 is 0 Å². The number of aromatic nitrogens is 3. The highest BCUT2D eigenvalue weighted by Crippen LogP contribution is 2.34. The first kappa shape index (κ1) is 21.6. The number of rotatable bonds is 8. The number of hydrogen-bond donors (Lipinski definition) is 1. The van der Waals surface area contributed by atoms with Gasteiger partial charge in [-0.3, -0.25) is 4.79 Å². The van der Waals surface area contributed by atoms with Gasteiger partial charge in [0.15, 0.2) is 5.65 Å². The Balaban J connectivity index is 1.90. The maximum absolute atomic E-state index is 13.0. The highest BCUT2D eigenvalue weighted by atomic mass is 16.5. The van der Waals surface area contributed by atoms with Gasteiger partial charge in [-0.15, -0.1) is 0 Å². The largest absolute Gasteiger partial charge is 0.496 e. The molecule has 32 heavy (non-hydrogen) atoms. The van der Waals surface area contributed by atoms with Crippen LogP contribution in [0.25, 0.3) is 28.0 Å². The second kappa shape index (κ2) is 9.64. The molecule has 1 amide bonds. The quantitative estimate of drug-likeness (QED) is 0.387. The molecule has 6 heteroatoms. The number of hydrogen-bond acceptors (Lipinski definition) is 4. The zero-order chi connectivity index (χ0) is 22.5. The van der Waals surface area contributed by atoms with Crippen molar-refractivity contribution in [1.29, 1.82) is 0 Å². The van der Waals surface area contributed by atoms with E-state index in [0.717, 1.165) is 47.3 Å². The molecule has 0 aliphatic carbocycles. The van der Waals surface area contributed by atoms with Gasteiger partial charge >= 0.3 is 0 Å². The van der Waals surface area contributed by atoms with E-state index in [1.165, 1.54) is 0 Å². The first-order chi connectivity index (χ1) is 15.6. The lowest BCUT2D eigenvalue weighted by Gasteiger charge is -2.12. The number of benzene rings is 2. The molecule has 0 saturated heterocycles. The zero-order valence-corrected chi connectivity index (χ0v) is 18.8. The van der Waals surface area contributed by atoms with E-state index in [2.05, 4.69) is 12.2 Å². The fraction of sp³-hybridized carbons (Fsp3) is 0.269. The number of unbranched alkanes of at least 4 members (excludes halogenated alkanes) is 2. The second-order valence-electron chi connectivity index (χ2n) is 7.75. The Labute approximate surface area is 188 Å². The van der Waals surface area contributed by atoms with Crippen molar-refractivity contribution in [2.75, 3.05) is 13.7 Å². The average molecular weight is 429 g/mol. The van der Waals surface area contributed by atoms with Gasteiger partial charge in [0, 0.05) is 17.7 Å². The summed E-state index contributed by atoms with van der Waals surface area (Å²) in [7, 11) is 1.64. The summed E-state index contributed by atoms with van der Waals surface area (Å²) < 4.78 is 7.41. The summed E-state index contributed by atoms with van der Waals surface area (Å²) in [6.45, 7) is 4.74. The minimum Gasteiger partial charge on any atom is -0.496 e. The van der Waals surface area contributed by atoms with Crippen LogP contribution in [-0.2, 0) is 0 Å². The normalized spacial score (nSPS) is 11.0. The lowest BCUT2D eigenvalue weighted by molar-refractivity contribution is 0.0948. The van der Waals surface area contributed by atoms with Crippen LogP contribution in [0.5, 0.6) is 5.75 Å². The van der Waals surface area contributed by atoms with E-state index in [-0.39, 0.29) is 5.91 Å². The predicted octanol–water partition coefficient (Wildman–Crippen LogP) is 5.30. The van der Waals surface area contributed by atoms with Crippen molar-refractivity contribution < 1.29 is 9.53 Å². The van der Waals surface area contributed by atoms with E-state index in [4.69, 9.17) is 14.8 Å². The number of nitrogens with one attached hydrogen (secondary N) is 1. The molecule has 164 valence electrons. The van der Waals surface area contributed by atoms with Gasteiger partial charge in [-0.05, 0) is 37.1 Å². The maximum Gasteiger partial charge on any atom is 0.270 e. The van der Waals surface area contributed by atoms with Crippen molar-refractivity contribution in [1.82, 2.24) is 19.9 Å². The number of methoxy groups -OCH3 is 1. The summed E-state index contributed by atoms with van der Waals surface area (Å²) in [5, 5.41) is 7.80. The number of ether oxygens (including phenoxy) is 1. The molecule has 2 aromatic heterocycles. The minimum atomic E-state index is -0.183. The summed E-state index contributed by atoms with van der Waals surface area (Å²) in [6.07, 6.45) is 3.14. The van der Waals surface area contributed by atoms with Crippen molar-refractivity contribution in [2.24, 2.45) is 0 Å². The molecule has 2 aromatic carbocycles. The van der Waals surface area contributed by atoms with Crippen LogP contribution in [0.2, 0.25) is 0 Å². The lowest BCUT2D eigenvalue weighted by Crippen LogP contribution is -2.25. The van der Waals surface area contributed by atoms with Crippen molar-refractivity contribution in [3.63, 3.8) is 0 Å². The van der Waals surface area contributed by atoms with E-state index < -0.39 is 0 Å². The number of carbonyl (C=O) groups is 1. The Hall–Kier alpha value is -3.67. The highest BCUT2D eigenvalue weighted by molar-refractivity contribution is 5.95. The van der Waals surface area contributed by atoms with E-state index in [9.17, 15) is 4.79 Å². The van der Waals surface area contributed by atoms with E-state index >= 15 is 0 Å². The van der Waals surface area contributed by atoms with Gasteiger partial charge in [-0.25, -0.2) is 9.50 Å². The molecular weight excluding hydrogens is 400 g/mol. The minimum absolute atomic E-state index is 0.183. The number of nitrogens with zero attached hydrogens (tertiary/aromatic N) is 3. The zero-order valence-electron chi connectivity index (χ0n) is 18.8. The van der Waals surface area contributed by atoms with Crippen LogP contribution in [-0.4, -0.2) is 34.2 Å². The molecule has 0 atom stereocenters. The third-order valence-corrected chi connectivity index (χ3v) is 5.51. The van der Waals surface area contributed by atoms with Crippen molar-refractivity contribution in [3.05, 3.63) is 72.1 Å². The van der Waals surface area contributed by atoms with Crippen LogP contribution in [0.1, 0.15) is 42.4 Å². The molecule has 4 rings (SSSR count). The third-order valence-electron chi connectivity index (χ3n) is 5.51. The number of carbonyl (C=O) groups excluding carboxylic acids is 1. The molecule has 1 N–H and O–H groups in total. The Bertz CT molecular complexity index is 1230. The molecule has 0 bridgehead atoms. The average Bonchev–Trinajstić information content (AvgIpc) is 3.17.